The Hall–Kier alpha value is -3.35. The van der Waals surface area contributed by atoms with E-state index in [0.717, 1.165) is 5.56 Å². The lowest BCUT2D eigenvalue weighted by Crippen LogP contribution is -2.45. The molecule has 0 radical (unpaired) electrons. The van der Waals surface area contributed by atoms with Crippen molar-refractivity contribution < 1.29 is 29.7 Å². The quantitative estimate of drug-likeness (QED) is 0.584. The van der Waals surface area contributed by atoms with Crippen LogP contribution in [0.25, 0.3) is 0 Å². The molecule has 0 aliphatic heterocycles. The Morgan fingerprint density at radius 1 is 0.960 bits per heavy atom. The summed E-state index contributed by atoms with van der Waals surface area (Å²) in [5.41, 5.74) is 2.26. The van der Waals surface area contributed by atoms with E-state index in [4.69, 9.17) is 5.11 Å². The first kappa shape index (κ1) is 18.0. The molecule has 0 saturated heterocycles. The number of hydrogen-bond acceptors (Lipinski definition) is 4. The van der Waals surface area contributed by atoms with E-state index in [2.05, 4.69) is 0 Å². The van der Waals surface area contributed by atoms with Gasteiger partial charge in [-0.3, -0.25) is 4.79 Å². The summed E-state index contributed by atoms with van der Waals surface area (Å²) in [6, 6.07) is 12.5. The van der Waals surface area contributed by atoms with Gasteiger partial charge in [-0.2, -0.15) is 0 Å². The topological polar surface area (TPSA) is 124 Å². The third-order valence-corrected chi connectivity index (χ3v) is 3.65. The number of phenolic OH excluding ortho intramolecular Hbond substituents is 1. The van der Waals surface area contributed by atoms with Crippen LogP contribution in [0.3, 0.4) is 0 Å². The molecule has 130 valence electrons. The first-order valence-corrected chi connectivity index (χ1v) is 7.48. The van der Waals surface area contributed by atoms with Crippen LogP contribution in [0.4, 0.5) is 0 Å². The molecule has 0 aliphatic rings. The zero-order valence-electron chi connectivity index (χ0n) is 13.2. The van der Waals surface area contributed by atoms with Crippen molar-refractivity contribution in [2.24, 2.45) is 0 Å². The van der Waals surface area contributed by atoms with Gasteiger partial charge in [-0.15, -0.1) is 0 Å². The van der Waals surface area contributed by atoms with Gasteiger partial charge in [0.2, 0.25) is 0 Å². The summed E-state index contributed by atoms with van der Waals surface area (Å²) >= 11 is 0. The van der Waals surface area contributed by atoms with Crippen LogP contribution in [-0.4, -0.2) is 39.2 Å². The molecule has 0 fully saturated rings. The third-order valence-electron chi connectivity index (χ3n) is 3.65. The summed E-state index contributed by atoms with van der Waals surface area (Å²) in [5, 5.41) is 29.6. The summed E-state index contributed by atoms with van der Waals surface area (Å²) in [6.45, 7) is 0. The zero-order valence-corrected chi connectivity index (χ0v) is 13.2. The van der Waals surface area contributed by atoms with Gasteiger partial charge >= 0.3 is 17.8 Å². The highest BCUT2D eigenvalue weighted by Gasteiger charge is 2.24. The molecule has 25 heavy (non-hydrogen) atoms. The van der Waals surface area contributed by atoms with Gasteiger partial charge in [-0.05, 0) is 35.2 Å². The maximum Gasteiger partial charge on any atom is 0.394 e. The molecule has 1 amide bonds. The minimum absolute atomic E-state index is 0.0381. The molecular weight excluding hydrogens is 326 g/mol. The number of nitrogens with one attached hydrogen (secondary N) is 1. The van der Waals surface area contributed by atoms with Crippen molar-refractivity contribution in [1.82, 2.24) is 5.32 Å². The Labute approximate surface area is 143 Å². The number of aromatic hydroxyl groups is 1. The van der Waals surface area contributed by atoms with Crippen LogP contribution < -0.4 is 5.32 Å². The normalized spacial score (nSPS) is 11.5. The molecule has 1 unspecified atom stereocenters. The van der Waals surface area contributed by atoms with Crippen LogP contribution in [-0.2, 0) is 27.2 Å². The number of carboxylic acid groups (broad SMARTS) is 2. The van der Waals surface area contributed by atoms with Crippen molar-refractivity contribution in [1.29, 1.82) is 0 Å². The van der Waals surface area contributed by atoms with E-state index in [1.807, 2.05) is 35.6 Å². The molecule has 7 nitrogen and oxygen atoms in total. The van der Waals surface area contributed by atoms with Gasteiger partial charge in [0.1, 0.15) is 11.8 Å². The molecule has 0 heterocycles. The Balaban J connectivity index is 2.26. The number of carboxylic acids is 2. The first-order valence-electron chi connectivity index (χ1n) is 7.48. The summed E-state index contributed by atoms with van der Waals surface area (Å²) in [6.07, 6.45) is 0.362. The van der Waals surface area contributed by atoms with Gasteiger partial charge in [0.15, 0.2) is 0 Å². The highest BCUT2D eigenvalue weighted by atomic mass is 16.4. The molecule has 2 aromatic rings. The summed E-state index contributed by atoms with van der Waals surface area (Å²) in [4.78, 5) is 33.2. The van der Waals surface area contributed by atoms with E-state index < -0.39 is 23.9 Å². The molecule has 0 aromatic heterocycles. The van der Waals surface area contributed by atoms with Crippen LogP contribution >= 0.6 is 0 Å². The lowest BCUT2D eigenvalue weighted by Gasteiger charge is -2.16. The monoisotopic (exact) mass is 343 g/mol. The number of hydrogen-bond donors (Lipinski definition) is 4. The van der Waals surface area contributed by atoms with Crippen LogP contribution in [0, 0.1) is 0 Å². The largest absolute Gasteiger partial charge is 0.508 e. The number of phenols is 1. The molecule has 4 N–H and O–H groups in total. The Morgan fingerprint density at radius 3 is 2.24 bits per heavy atom. The Kier molecular flexibility index (Phi) is 5.73. The third kappa shape index (κ3) is 5.07. The molecule has 2 rings (SSSR count). The Bertz CT molecular complexity index is 787. The predicted molar refractivity (Wildman–Crippen MR) is 88.3 cm³/mol. The van der Waals surface area contributed by atoms with E-state index >= 15 is 0 Å². The second-order valence-electron chi connectivity index (χ2n) is 5.49. The summed E-state index contributed by atoms with van der Waals surface area (Å²) < 4.78 is 0. The van der Waals surface area contributed by atoms with Crippen LogP contribution in [0.1, 0.15) is 16.7 Å². The van der Waals surface area contributed by atoms with Gasteiger partial charge in [-0.25, -0.2) is 9.59 Å². The number of carbonyl (C=O) groups excluding carboxylic acids is 1. The predicted octanol–water partition coefficient (Wildman–Crippen LogP) is 1.18. The van der Waals surface area contributed by atoms with Crippen LogP contribution in [0.15, 0.2) is 48.5 Å². The van der Waals surface area contributed by atoms with E-state index in [1.54, 1.807) is 6.07 Å². The van der Waals surface area contributed by atoms with Crippen molar-refractivity contribution in [3.63, 3.8) is 0 Å². The fourth-order valence-electron chi connectivity index (χ4n) is 2.43. The number of carbonyl (C=O) groups is 3. The van der Waals surface area contributed by atoms with Crippen LogP contribution in [0.5, 0.6) is 5.75 Å². The number of aliphatic carboxylic acids is 2. The van der Waals surface area contributed by atoms with E-state index in [9.17, 15) is 24.6 Å². The highest BCUT2D eigenvalue weighted by molar-refractivity contribution is 6.31. The maximum absolute atomic E-state index is 11.3. The van der Waals surface area contributed by atoms with Crippen molar-refractivity contribution >= 4 is 17.8 Å². The van der Waals surface area contributed by atoms with Gasteiger partial charge in [0.25, 0.3) is 0 Å². The van der Waals surface area contributed by atoms with Crippen molar-refractivity contribution in [2.75, 3.05) is 0 Å². The van der Waals surface area contributed by atoms with E-state index in [-0.39, 0.29) is 12.2 Å². The lowest BCUT2D eigenvalue weighted by atomic mass is 9.95. The SMILES string of the molecule is O=C(O)C(=O)NC(Cc1ccc(O)cc1Cc1ccccc1)C(=O)O. The molecule has 0 spiro atoms. The second-order valence-corrected chi connectivity index (χ2v) is 5.49. The molecule has 1 atom stereocenters. The lowest BCUT2D eigenvalue weighted by molar-refractivity contribution is -0.152. The smallest absolute Gasteiger partial charge is 0.394 e. The minimum atomic E-state index is -1.75. The maximum atomic E-state index is 11.3. The molecule has 2 aromatic carbocycles. The standard InChI is InChI=1S/C18H17NO6/c20-14-7-6-12(10-15(17(22)23)19-16(21)18(24)25)13(9-14)8-11-4-2-1-3-5-11/h1-7,9,15,20H,8,10H2,(H,19,21)(H,22,23)(H,24,25). The van der Waals surface area contributed by atoms with Crippen molar-refractivity contribution in [2.45, 2.75) is 18.9 Å². The molecule has 7 heteroatoms. The van der Waals surface area contributed by atoms with E-state index in [0.29, 0.717) is 17.5 Å². The molecule has 0 saturated carbocycles. The molecule has 0 bridgehead atoms. The van der Waals surface area contributed by atoms with Gasteiger partial charge in [-0.1, -0.05) is 36.4 Å². The fraction of sp³-hybridized carbons (Fsp3) is 0.167. The zero-order chi connectivity index (χ0) is 18.4. The van der Waals surface area contributed by atoms with Gasteiger partial charge in [0.05, 0.1) is 0 Å². The summed E-state index contributed by atoms with van der Waals surface area (Å²) in [7, 11) is 0. The summed E-state index contributed by atoms with van der Waals surface area (Å²) in [5.74, 6) is -4.43. The minimum Gasteiger partial charge on any atom is -0.508 e. The van der Waals surface area contributed by atoms with Gasteiger partial charge in [0, 0.05) is 6.42 Å². The van der Waals surface area contributed by atoms with Crippen molar-refractivity contribution in [3.8, 4) is 5.75 Å². The van der Waals surface area contributed by atoms with Gasteiger partial charge < -0.3 is 20.6 Å². The Morgan fingerprint density at radius 2 is 1.64 bits per heavy atom. The van der Waals surface area contributed by atoms with E-state index in [1.165, 1.54) is 12.1 Å². The average molecular weight is 343 g/mol. The van der Waals surface area contributed by atoms with Crippen molar-refractivity contribution in [3.05, 3.63) is 65.2 Å². The number of amides is 1. The molecule has 0 aliphatic carbocycles. The molecular formula is C18H17NO6. The van der Waals surface area contributed by atoms with Crippen LogP contribution in [0.2, 0.25) is 0 Å². The highest BCUT2D eigenvalue weighted by Crippen LogP contribution is 2.21. The average Bonchev–Trinajstić information content (AvgIpc) is 2.57. The fourth-order valence-corrected chi connectivity index (χ4v) is 2.43. The first-order chi connectivity index (χ1) is 11.9. The number of rotatable bonds is 6. The second kappa shape index (κ2) is 7.96. The number of benzene rings is 2.